The summed E-state index contributed by atoms with van der Waals surface area (Å²) in [7, 11) is 0. The lowest BCUT2D eigenvalue weighted by atomic mass is 10.0. The number of Topliss-reactive ketones (excluding diaryl/α,β-unsaturated/α-hetero) is 1. The number of hydrogen-bond acceptors (Lipinski definition) is 4. The van der Waals surface area contributed by atoms with Gasteiger partial charge in [0.2, 0.25) is 0 Å². The van der Waals surface area contributed by atoms with E-state index in [4.69, 9.17) is 0 Å². The third-order valence-corrected chi connectivity index (χ3v) is 4.22. The summed E-state index contributed by atoms with van der Waals surface area (Å²) in [6, 6.07) is 12.1. The lowest BCUT2D eigenvalue weighted by Crippen LogP contribution is -2.11. The number of carboxylic acid groups (broad SMARTS) is 1. The molecule has 0 radical (unpaired) electrons. The van der Waals surface area contributed by atoms with E-state index in [-0.39, 0.29) is 17.9 Å². The largest absolute Gasteiger partial charge is 0.478 e. The van der Waals surface area contributed by atoms with Crippen molar-refractivity contribution < 1.29 is 14.7 Å². The Morgan fingerprint density at radius 3 is 2.52 bits per heavy atom. The maximum atomic E-state index is 12.5. The quantitative estimate of drug-likeness (QED) is 0.538. The van der Waals surface area contributed by atoms with Crippen molar-refractivity contribution in [3.63, 3.8) is 0 Å². The fraction of sp³-hybridized carbons (Fsp3) is 0.143. The van der Waals surface area contributed by atoms with E-state index in [9.17, 15) is 14.7 Å². The number of carboxylic acids is 1. The summed E-state index contributed by atoms with van der Waals surface area (Å²) in [5.74, 6) is -1.22. The third-order valence-electron chi connectivity index (χ3n) is 4.22. The van der Waals surface area contributed by atoms with Gasteiger partial charge in [0.25, 0.3) is 0 Å². The van der Waals surface area contributed by atoms with Gasteiger partial charge in [-0.3, -0.25) is 14.8 Å². The number of aryl methyl sites for hydroxylation is 2. The predicted octanol–water partition coefficient (Wildman–Crippen LogP) is 3.49. The summed E-state index contributed by atoms with van der Waals surface area (Å²) >= 11 is 0. The first-order valence-electron chi connectivity index (χ1n) is 8.43. The number of pyridine rings is 1. The van der Waals surface area contributed by atoms with Gasteiger partial charge in [-0.2, -0.15) is 0 Å². The zero-order valence-corrected chi connectivity index (χ0v) is 15.1. The van der Waals surface area contributed by atoms with Gasteiger partial charge in [-0.05, 0) is 44.2 Å². The molecule has 0 aliphatic rings. The van der Waals surface area contributed by atoms with Crippen LogP contribution in [-0.4, -0.2) is 39.2 Å². The molecular formula is C21H19N3O3. The standard InChI is InChI=1S/C21H19N3O3/c1-14-5-6-15(2)24(14)19-10-17(7-8-18(19)21(26)27)20(25)13-23-12-16-4-3-9-22-11-16/h3-12H,13H2,1-2H3,(H,26,27). The minimum Gasteiger partial charge on any atom is -0.478 e. The van der Waals surface area contributed by atoms with E-state index in [0.717, 1.165) is 17.0 Å². The second-order valence-electron chi connectivity index (χ2n) is 6.17. The molecule has 2 heterocycles. The van der Waals surface area contributed by atoms with Crippen LogP contribution in [0.2, 0.25) is 0 Å². The molecule has 0 saturated heterocycles. The van der Waals surface area contributed by atoms with Crippen molar-refractivity contribution in [2.75, 3.05) is 6.54 Å². The van der Waals surface area contributed by atoms with Gasteiger partial charge >= 0.3 is 5.97 Å². The normalized spacial score (nSPS) is 11.0. The highest BCUT2D eigenvalue weighted by Gasteiger charge is 2.17. The highest BCUT2D eigenvalue weighted by atomic mass is 16.4. The average molecular weight is 361 g/mol. The zero-order valence-electron chi connectivity index (χ0n) is 15.1. The Labute approximate surface area is 156 Å². The molecule has 0 aliphatic carbocycles. The average Bonchev–Trinajstić information content (AvgIpc) is 3.00. The van der Waals surface area contributed by atoms with E-state index in [1.165, 1.54) is 12.1 Å². The minimum absolute atomic E-state index is 0.0234. The number of benzene rings is 1. The van der Waals surface area contributed by atoms with Crippen molar-refractivity contribution in [3.05, 3.63) is 82.9 Å². The van der Waals surface area contributed by atoms with Gasteiger partial charge < -0.3 is 9.67 Å². The van der Waals surface area contributed by atoms with Gasteiger partial charge in [-0.25, -0.2) is 4.79 Å². The van der Waals surface area contributed by atoms with Gasteiger partial charge in [0, 0.05) is 41.1 Å². The van der Waals surface area contributed by atoms with Crippen molar-refractivity contribution in [1.29, 1.82) is 0 Å². The summed E-state index contributed by atoms with van der Waals surface area (Å²) in [5.41, 5.74) is 3.65. The Kier molecular flexibility index (Phi) is 5.26. The summed E-state index contributed by atoms with van der Waals surface area (Å²) in [6.45, 7) is 3.76. The molecule has 0 atom stereocenters. The second kappa shape index (κ2) is 7.78. The smallest absolute Gasteiger partial charge is 0.337 e. The first kappa shape index (κ1) is 18.3. The third kappa shape index (κ3) is 4.00. The van der Waals surface area contributed by atoms with E-state index in [0.29, 0.717) is 11.3 Å². The van der Waals surface area contributed by atoms with Gasteiger partial charge in [0.05, 0.1) is 11.3 Å². The molecule has 6 heteroatoms. The Morgan fingerprint density at radius 2 is 1.89 bits per heavy atom. The van der Waals surface area contributed by atoms with E-state index >= 15 is 0 Å². The molecule has 136 valence electrons. The van der Waals surface area contributed by atoms with Crippen molar-refractivity contribution in [3.8, 4) is 5.69 Å². The Hall–Kier alpha value is -3.54. The van der Waals surface area contributed by atoms with E-state index in [1.54, 1.807) is 30.7 Å². The van der Waals surface area contributed by atoms with Crippen LogP contribution in [-0.2, 0) is 0 Å². The number of hydrogen-bond donors (Lipinski definition) is 1. The number of carbonyl (C=O) groups is 2. The van der Waals surface area contributed by atoms with Gasteiger partial charge in [0.15, 0.2) is 5.78 Å². The molecule has 0 spiro atoms. The van der Waals surface area contributed by atoms with Crippen LogP contribution < -0.4 is 0 Å². The molecule has 6 nitrogen and oxygen atoms in total. The highest BCUT2D eigenvalue weighted by molar-refractivity contribution is 6.01. The van der Waals surface area contributed by atoms with Crippen LogP contribution in [0.5, 0.6) is 0 Å². The molecule has 0 fully saturated rings. The Morgan fingerprint density at radius 1 is 1.15 bits per heavy atom. The molecule has 0 amide bonds. The highest BCUT2D eigenvalue weighted by Crippen LogP contribution is 2.22. The SMILES string of the molecule is Cc1ccc(C)n1-c1cc(C(=O)CN=Cc2cccnc2)ccc1C(=O)O. The van der Waals surface area contributed by atoms with Gasteiger partial charge in [-0.15, -0.1) is 0 Å². The molecule has 0 unspecified atom stereocenters. The first-order chi connectivity index (χ1) is 13.0. The van der Waals surface area contributed by atoms with Crippen molar-refractivity contribution in [2.45, 2.75) is 13.8 Å². The van der Waals surface area contributed by atoms with Crippen LogP contribution in [0.1, 0.15) is 37.7 Å². The fourth-order valence-electron chi connectivity index (χ4n) is 2.90. The molecule has 0 saturated carbocycles. The molecule has 27 heavy (non-hydrogen) atoms. The number of nitrogens with zero attached hydrogens (tertiary/aromatic N) is 3. The first-order valence-corrected chi connectivity index (χ1v) is 8.43. The summed E-state index contributed by atoms with van der Waals surface area (Å²) in [5, 5.41) is 9.52. The second-order valence-corrected chi connectivity index (χ2v) is 6.17. The lowest BCUT2D eigenvalue weighted by molar-refractivity contribution is 0.0696. The number of carbonyl (C=O) groups excluding carboxylic acids is 1. The maximum Gasteiger partial charge on any atom is 0.337 e. The van der Waals surface area contributed by atoms with E-state index < -0.39 is 5.97 Å². The molecule has 2 aromatic heterocycles. The number of ketones is 1. The fourth-order valence-corrected chi connectivity index (χ4v) is 2.90. The van der Waals surface area contributed by atoms with E-state index in [2.05, 4.69) is 9.98 Å². The van der Waals surface area contributed by atoms with Crippen molar-refractivity contribution in [1.82, 2.24) is 9.55 Å². The number of rotatable bonds is 6. The molecule has 1 aromatic carbocycles. The van der Waals surface area contributed by atoms with Crippen LogP contribution >= 0.6 is 0 Å². The summed E-state index contributed by atoms with van der Waals surface area (Å²) < 4.78 is 1.83. The Balaban J connectivity index is 1.90. The molecule has 1 N–H and O–H groups in total. The lowest BCUT2D eigenvalue weighted by Gasteiger charge is -2.14. The number of aromatic carboxylic acids is 1. The minimum atomic E-state index is -1.04. The Bertz CT molecular complexity index is 1000. The molecular weight excluding hydrogens is 342 g/mol. The van der Waals surface area contributed by atoms with Crippen molar-refractivity contribution in [2.24, 2.45) is 4.99 Å². The molecule has 0 aliphatic heterocycles. The molecule has 0 bridgehead atoms. The van der Waals surface area contributed by atoms with Gasteiger partial charge in [0.1, 0.15) is 6.54 Å². The van der Waals surface area contributed by atoms with E-state index in [1.807, 2.05) is 36.6 Å². The van der Waals surface area contributed by atoms with Crippen LogP contribution in [0, 0.1) is 13.8 Å². The van der Waals surface area contributed by atoms with Gasteiger partial charge in [-0.1, -0.05) is 12.1 Å². The molecule has 3 rings (SSSR count). The van der Waals surface area contributed by atoms with Crippen molar-refractivity contribution >= 4 is 18.0 Å². The zero-order chi connectivity index (χ0) is 19.4. The molecule has 3 aromatic rings. The monoisotopic (exact) mass is 361 g/mol. The van der Waals surface area contributed by atoms with Crippen LogP contribution in [0.25, 0.3) is 5.69 Å². The summed E-state index contributed by atoms with van der Waals surface area (Å²) in [4.78, 5) is 32.3. The maximum absolute atomic E-state index is 12.5. The predicted molar refractivity (Wildman–Crippen MR) is 103 cm³/mol. The van der Waals surface area contributed by atoms with Crippen LogP contribution in [0.4, 0.5) is 0 Å². The topological polar surface area (TPSA) is 84.5 Å². The van der Waals surface area contributed by atoms with Crippen LogP contribution in [0.3, 0.4) is 0 Å². The van der Waals surface area contributed by atoms with Crippen LogP contribution in [0.15, 0.2) is 59.9 Å². The summed E-state index contributed by atoms with van der Waals surface area (Å²) in [6.07, 6.45) is 4.92. The number of aliphatic imine (C=N–C) groups is 1. The number of aromatic nitrogens is 2.